The van der Waals surface area contributed by atoms with E-state index in [0.717, 1.165) is 16.5 Å². The van der Waals surface area contributed by atoms with Gasteiger partial charge in [0.15, 0.2) is 0 Å². The zero-order chi connectivity index (χ0) is 26.4. The van der Waals surface area contributed by atoms with E-state index in [1.54, 1.807) is 6.20 Å². The SMILES string of the molecule is CC(NC(=O)C(CCC(=O)O)NC(=O)C(N)Cc1c[nH]c2ccccc12)C(=O)N1CCCC1C(=O)O. The van der Waals surface area contributed by atoms with E-state index in [1.165, 1.54) is 11.8 Å². The number of amides is 3. The van der Waals surface area contributed by atoms with Gasteiger partial charge in [-0.25, -0.2) is 4.79 Å². The average Bonchev–Trinajstić information content (AvgIpc) is 3.48. The van der Waals surface area contributed by atoms with Crippen molar-refractivity contribution in [3.05, 3.63) is 36.0 Å². The van der Waals surface area contributed by atoms with Crippen LogP contribution in [-0.4, -0.2) is 80.5 Å². The molecule has 12 heteroatoms. The summed E-state index contributed by atoms with van der Waals surface area (Å²) in [5, 5.41) is 24.3. The van der Waals surface area contributed by atoms with Crippen LogP contribution in [0.2, 0.25) is 0 Å². The fraction of sp³-hybridized carbons (Fsp3) is 0.458. The average molecular weight is 502 g/mol. The van der Waals surface area contributed by atoms with Gasteiger partial charge in [0.1, 0.15) is 18.1 Å². The highest BCUT2D eigenvalue weighted by Crippen LogP contribution is 2.20. The number of nitrogens with zero attached hydrogens (tertiary/aromatic N) is 1. The highest BCUT2D eigenvalue weighted by molar-refractivity contribution is 5.94. The fourth-order valence-corrected chi connectivity index (χ4v) is 4.36. The molecule has 2 heterocycles. The molecule has 0 saturated carbocycles. The Morgan fingerprint density at radius 3 is 2.56 bits per heavy atom. The van der Waals surface area contributed by atoms with Gasteiger partial charge in [-0.3, -0.25) is 19.2 Å². The van der Waals surface area contributed by atoms with Gasteiger partial charge in [-0.05, 0) is 44.2 Å². The Bertz CT molecular complexity index is 1150. The first-order valence-corrected chi connectivity index (χ1v) is 11.7. The summed E-state index contributed by atoms with van der Waals surface area (Å²) in [7, 11) is 0. The molecule has 2 aromatic rings. The number of carbonyl (C=O) groups excluding carboxylic acids is 3. The molecule has 0 spiro atoms. The molecule has 1 aliphatic heterocycles. The Kier molecular flexibility index (Phi) is 8.64. The van der Waals surface area contributed by atoms with Crippen LogP contribution in [0.5, 0.6) is 0 Å². The third-order valence-electron chi connectivity index (χ3n) is 6.28. The van der Waals surface area contributed by atoms with Crippen molar-refractivity contribution in [2.24, 2.45) is 5.73 Å². The molecule has 1 aliphatic rings. The number of hydrogen-bond donors (Lipinski definition) is 6. The third-order valence-corrected chi connectivity index (χ3v) is 6.28. The maximum atomic E-state index is 12.9. The number of aromatic amines is 1. The van der Waals surface area contributed by atoms with Gasteiger partial charge in [0.05, 0.1) is 6.04 Å². The number of rotatable bonds is 11. The third kappa shape index (κ3) is 6.39. The number of carbonyl (C=O) groups is 5. The summed E-state index contributed by atoms with van der Waals surface area (Å²) in [4.78, 5) is 65.2. The van der Waals surface area contributed by atoms with Crippen molar-refractivity contribution in [2.75, 3.05) is 6.54 Å². The second kappa shape index (κ2) is 11.7. The van der Waals surface area contributed by atoms with Gasteiger partial charge in [-0.15, -0.1) is 0 Å². The molecular weight excluding hydrogens is 470 g/mol. The molecule has 1 saturated heterocycles. The van der Waals surface area contributed by atoms with Crippen molar-refractivity contribution >= 4 is 40.6 Å². The highest BCUT2D eigenvalue weighted by atomic mass is 16.4. The molecule has 7 N–H and O–H groups in total. The standard InChI is InChI=1S/C24H31N5O7/c1-13(23(34)29-10-4-7-19(29)24(35)36)27-22(33)18(8-9-20(30)31)28-21(32)16(25)11-14-12-26-17-6-3-2-5-15(14)17/h2-3,5-6,12-13,16,18-19,26H,4,7-11,25H2,1H3,(H,27,33)(H,28,32)(H,30,31)(H,35,36). The lowest BCUT2D eigenvalue weighted by Gasteiger charge is -2.27. The van der Waals surface area contributed by atoms with E-state index in [1.807, 2.05) is 24.3 Å². The van der Waals surface area contributed by atoms with Crippen LogP contribution in [0.1, 0.15) is 38.2 Å². The van der Waals surface area contributed by atoms with Crippen molar-refractivity contribution in [3.63, 3.8) is 0 Å². The Morgan fingerprint density at radius 1 is 1.14 bits per heavy atom. The minimum Gasteiger partial charge on any atom is -0.481 e. The first kappa shape index (κ1) is 26.7. The molecule has 1 aromatic heterocycles. The molecule has 0 bridgehead atoms. The van der Waals surface area contributed by atoms with Crippen molar-refractivity contribution in [1.82, 2.24) is 20.5 Å². The van der Waals surface area contributed by atoms with E-state index >= 15 is 0 Å². The topological polar surface area (TPSA) is 195 Å². The summed E-state index contributed by atoms with van der Waals surface area (Å²) < 4.78 is 0. The summed E-state index contributed by atoms with van der Waals surface area (Å²) in [5.41, 5.74) is 7.80. The van der Waals surface area contributed by atoms with Gasteiger partial charge in [0.2, 0.25) is 17.7 Å². The molecule has 4 unspecified atom stereocenters. The predicted molar refractivity (Wildman–Crippen MR) is 129 cm³/mol. The van der Waals surface area contributed by atoms with Crippen LogP contribution in [0.3, 0.4) is 0 Å². The number of para-hydroxylation sites is 1. The van der Waals surface area contributed by atoms with Gasteiger partial charge in [0.25, 0.3) is 0 Å². The summed E-state index contributed by atoms with van der Waals surface area (Å²) in [6.45, 7) is 1.67. The number of nitrogens with one attached hydrogen (secondary N) is 3. The highest BCUT2D eigenvalue weighted by Gasteiger charge is 2.37. The van der Waals surface area contributed by atoms with Crippen LogP contribution in [0.25, 0.3) is 10.9 Å². The van der Waals surface area contributed by atoms with Crippen molar-refractivity contribution in [3.8, 4) is 0 Å². The molecule has 0 radical (unpaired) electrons. The van der Waals surface area contributed by atoms with E-state index in [2.05, 4.69) is 15.6 Å². The first-order chi connectivity index (χ1) is 17.1. The van der Waals surface area contributed by atoms with E-state index in [-0.39, 0.29) is 19.4 Å². The number of hydrogen-bond acceptors (Lipinski definition) is 6. The zero-order valence-electron chi connectivity index (χ0n) is 19.9. The summed E-state index contributed by atoms with van der Waals surface area (Å²) in [6.07, 6.45) is 2.19. The number of carboxylic acid groups (broad SMARTS) is 2. The van der Waals surface area contributed by atoms with Crippen LogP contribution in [0.4, 0.5) is 0 Å². The smallest absolute Gasteiger partial charge is 0.326 e. The zero-order valence-corrected chi connectivity index (χ0v) is 19.9. The van der Waals surface area contributed by atoms with Gasteiger partial charge in [-0.2, -0.15) is 0 Å². The number of H-pyrrole nitrogens is 1. The molecule has 3 rings (SSSR count). The van der Waals surface area contributed by atoms with Crippen molar-refractivity contribution in [1.29, 1.82) is 0 Å². The number of nitrogens with two attached hydrogens (primary N) is 1. The maximum Gasteiger partial charge on any atom is 0.326 e. The lowest BCUT2D eigenvalue weighted by Crippen LogP contribution is -2.56. The Hall–Kier alpha value is -3.93. The van der Waals surface area contributed by atoms with E-state index in [9.17, 15) is 29.1 Å². The van der Waals surface area contributed by atoms with Crippen molar-refractivity contribution < 1.29 is 34.2 Å². The molecule has 4 atom stereocenters. The molecule has 36 heavy (non-hydrogen) atoms. The lowest BCUT2D eigenvalue weighted by atomic mass is 10.0. The van der Waals surface area contributed by atoms with Crippen LogP contribution in [-0.2, 0) is 30.4 Å². The predicted octanol–water partition coefficient (Wildman–Crippen LogP) is -0.0324. The van der Waals surface area contributed by atoms with E-state index in [0.29, 0.717) is 12.8 Å². The summed E-state index contributed by atoms with van der Waals surface area (Å²) in [5.74, 6) is -4.23. The van der Waals surface area contributed by atoms with Crippen LogP contribution >= 0.6 is 0 Å². The summed E-state index contributed by atoms with van der Waals surface area (Å²) in [6, 6.07) is 3.24. The Labute approximate surface area is 207 Å². The molecule has 194 valence electrons. The minimum atomic E-state index is -1.24. The maximum absolute atomic E-state index is 12.9. The number of likely N-dealkylation sites (tertiary alicyclic amines) is 1. The summed E-state index contributed by atoms with van der Waals surface area (Å²) >= 11 is 0. The number of fused-ring (bicyclic) bond motifs is 1. The molecule has 1 fully saturated rings. The van der Waals surface area contributed by atoms with Crippen LogP contribution in [0, 0.1) is 0 Å². The van der Waals surface area contributed by atoms with E-state index < -0.39 is 60.2 Å². The number of carboxylic acids is 2. The van der Waals surface area contributed by atoms with Gasteiger partial charge >= 0.3 is 11.9 Å². The van der Waals surface area contributed by atoms with Crippen molar-refractivity contribution in [2.45, 2.75) is 63.2 Å². The van der Waals surface area contributed by atoms with E-state index in [4.69, 9.17) is 10.8 Å². The number of benzene rings is 1. The second-order valence-electron chi connectivity index (χ2n) is 8.92. The molecule has 3 amide bonds. The Balaban J connectivity index is 1.64. The second-order valence-corrected chi connectivity index (χ2v) is 8.92. The fourth-order valence-electron chi connectivity index (χ4n) is 4.36. The largest absolute Gasteiger partial charge is 0.481 e. The molecular formula is C24H31N5O7. The van der Waals surface area contributed by atoms with Gasteiger partial charge in [0, 0.05) is 30.1 Å². The van der Waals surface area contributed by atoms with Gasteiger partial charge in [-0.1, -0.05) is 18.2 Å². The monoisotopic (exact) mass is 501 g/mol. The quantitative estimate of drug-likeness (QED) is 0.247. The molecule has 0 aliphatic carbocycles. The van der Waals surface area contributed by atoms with Crippen LogP contribution < -0.4 is 16.4 Å². The first-order valence-electron chi connectivity index (χ1n) is 11.7. The normalized spacial score (nSPS) is 17.8. The Morgan fingerprint density at radius 2 is 1.86 bits per heavy atom. The molecule has 12 nitrogen and oxygen atoms in total. The lowest BCUT2D eigenvalue weighted by molar-refractivity contribution is -0.149. The number of aliphatic carboxylic acids is 2. The van der Waals surface area contributed by atoms with Gasteiger partial charge < -0.3 is 36.5 Å². The molecule has 1 aromatic carbocycles. The number of aromatic nitrogens is 1. The van der Waals surface area contributed by atoms with Crippen LogP contribution in [0.15, 0.2) is 30.5 Å². The minimum absolute atomic E-state index is 0.184.